The van der Waals surface area contributed by atoms with E-state index in [-0.39, 0.29) is 30.1 Å². The molecule has 1 aromatic heterocycles. The van der Waals surface area contributed by atoms with Gasteiger partial charge in [0.15, 0.2) is 0 Å². The van der Waals surface area contributed by atoms with Crippen molar-refractivity contribution in [1.29, 1.82) is 0 Å². The second-order valence-electron chi connectivity index (χ2n) is 6.44. The van der Waals surface area contributed by atoms with E-state index in [2.05, 4.69) is 18.8 Å². The van der Waals surface area contributed by atoms with Crippen molar-refractivity contribution in [2.24, 2.45) is 0 Å². The van der Waals surface area contributed by atoms with Crippen molar-refractivity contribution in [3.63, 3.8) is 0 Å². The van der Waals surface area contributed by atoms with E-state index in [0.717, 1.165) is 13.0 Å². The summed E-state index contributed by atoms with van der Waals surface area (Å²) in [7, 11) is 0. The molecule has 1 atom stereocenters. The summed E-state index contributed by atoms with van der Waals surface area (Å²) >= 11 is 0. The summed E-state index contributed by atoms with van der Waals surface area (Å²) in [5.41, 5.74) is 2.09. The molecule has 5 nitrogen and oxygen atoms in total. The number of Topliss-reactive ketones (excluding diaryl/α,β-unsaturated/α-hetero) is 2. The number of ketones is 2. The van der Waals surface area contributed by atoms with Crippen LogP contribution in [0.15, 0.2) is 66.3 Å². The maximum absolute atomic E-state index is 12.8. The number of carbonyl (C=O) groups is 2. The molecular weight excluding hydrogens is 641 g/mol. The number of nitrogens with zero attached hydrogens (tertiary/aromatic N) is 3. The summed E-state index contributed by atoms with van der Waals surface area (Å²) in [4.78, 5) is 33.4. The third kappa shape index (κ3) is 4.11. The van der Waals surface area contributed by atoms with Crippen molar-refractivity contribution in [3.05, 3.63) is 84.3 Å². The zero-order chi connectivity index (χ0) is 19.4. The van der Waals surface area contributed by atoms with Gasteiger partial charge in [0.2, 0.25) is 11.6 Å². The van der Waals surface area contributed by atoms with Gasteiger partial charge in [-0.25, -0.2) is 0 Å². The smallest absolute Gasteiger partial charge is 0.212 e. The van der Waals surface area contributed by atoms with Crippen LogP contribution in [0.5, 0.6) is 0 Å². The Balaban J connectivity index is 0.000000455. The Kier molecular flexibility index (Phi) is 8.09. The average Bonchev–Trinajstić information content (AvgIpc) is 3.00. The van der Waals surface area contributed by atoms with Crippen molar-refractivity contribution in [3.8, 4) is 0 Å². The SMILES string of the molecule is [CH2-]CN1C2=C(C(=O)c3ccccc3C2=O)N(CCC)C1C.[Cl-].[Rf].c1ccncc1. The Morgan fingerprint density at radius 2 is 1.45 bits per heavy atom. The summed E-state index contributed by atoms with van der Waals surface area (Å²) in [5.74, 6) is -0.106. The fourth-order valence-corrected chi connectivity index (χ4v) is 3.57. The molecule has 150 valence electrons. The summed E-state index contributed by atoms with van der Waals surface area (Å²) < 4.78 is 0. The first kappa shape index (κ1) is 23.4. The van der Waals surface area contributed by atoms with E-state index in [9.17, 15) is 9.59 Å². The predicted molar refractivity (Wildman–Crippen MR) is 105 cm³/mol. The molecule has 0 amide bonds. The van der Waals surface area contributed by atoms with Crippen LogP contribution in [0.1, 0.15) is 41.0 Å². The number of hydrogen-bond donors (Lipinski definition) is 0. The molecule has 0 N–H and O–H groups in total. The number of fused-ring (bicyclic) bond motifs is 1. The first-order chi connectivity index (χ1) is 13.1. The first-order valence-corrected chi connectivity index (χ1v) is 9.22. The summed E-state index contributed by atoms with van der Waals surface area (Å²) in [6.07, 6.45) is 4.42. The van der Waals surface area contributed by atoms with Crippen LogP contribution in [0.4, 0.5) is 0 Å². The molecule has 0 saturated carbocycles. The van der Waals surface area contributed by atoms with Crippen LogP contribution in [-0.4, -0.2) is 45.6 Å². The Labute approximate surface area is 172 Å². The van der Waals surface area contributed by atoms with Crippen molar-refractivity contribution in [1.82, 2.24) is 14.8 Å². The summed E-state index contributed by atoms with van der Waals surface area (Å²) in [6, 6.07) is 12.8. The third-order valence-electron chi connectivity index (χ3n) is 4.82. The van der Waals surface area contributed by atoms with Gasteiger partial charge in [0.25, 0.3) is 0 Å². The molecule has 0 spiro atoms. The van der Waals surface area contributed by atoms with Crippen LogP contribution >= 0.6 is 0 Å². The van der Waals surface area contributed by atoms with Gasteiger partial charge in [-0.15, -0.1) is 6.54 Å². The normalized spacial score (nSPS) is 16.9. The standard InChI is InChI=1S/C17H19N2O2.C5H5N.ClH.Rf/c1-4-10-19-11(3)18(5-2)14-15(19)17(21)13-9-7-6-8-12(13)16(14)20;1-2-4-6-5-3-1;;/h6-9,11H,2,4-5,10H2,1,3H3;1-5H;1H;/q-1;;;/p-1. The molecule has 1 unspecified atom stereocenters. The predicted octanol–water partition coefficient (Wildman–Crippen LogP) is 0.570. The fraction of sp³-hybridized carbons (Fsp3) is 0.273. The molecule has 29 heavy (non-hydrogen) atoms. The van der Waals surface area contributed by atoms with Gasteiger partial charge in [-0.1, -0.05) is 37.3 Å². The van der Waals surface area contributed by atoms with Crippen LogP contribution in [-0.2, 0) is 0 Å². The van der Waals surface area contributed by atoms with Gasteiger partial charge in [-0.2, -0.15) is 0 Å². The minimum Gasteiger partial charge on any atom is -1.00 e. The van der Waals surface area contributed by atoms with Gasteiger partial charge in [0, 0.05) is 30.1 Å². The molecule has 1 aliphatic heterocycles. The average molecular weight is 665 g/mol. The Bertz CT molecular complexity index is 847. The van der Waals surface area contributed by atoms with E-state index >= 15 is 0 Å². The van der Waals surface area contributed by atoms with Gasteiger partial charge < -0.3 is 29.1 Å². The van der Waals surface area contributed by atoms with Gasteiger partial charge in [0.05, 0.1) is 6.17 Å². The zero-order valence-corrected chi connectivity index (χ0v) is 24.0. The molecule has 2 aliphatic rings. The van der Waals surface area contributed by atoms with Crippen molar-refractivity contribution < 1.29 is 22.0 Å². The number of rotatable bonds is 3. The molecule has 0 radical (unpaired) electrons. The molecule has 4 rings (SSSR count). The molecular formula is C22H24ClN3O2Rf-2. The molecule has 0 fully saturated rings. The van der Waals surface area contributed by atoms with Crippen LogP contribution in [0.2, 0.25) is 0 Å². The maximum Gasteiger partial charge on any atom is 0.212 e. The van der Waals surface area contributed by atoms with Gasteiger partial charge >= 0.3 is 0 Å². The minimum atomic E-state index is -0.0608. The number of pyridine rings is 1. The summed E-state index contributed by atoms with van der Waals surface area (Å²) in [5, 5.41) is 0. The van der Waals surface area contributed by atoms with Crippen molar-refractivity contribution >= 4 is 11.6 Å². The number of carbonyl (C=O) groups excluding carboxylic acids is 2. The van der Waals surface area contributed by atoms with Crippen LogP contribution in [0.25, 0.3) is 0 Å². The molecule has 0 saturated heterocycles. The number of hydrogen-bond acceptors (Lipinski definition) is 5. The Morgan fingerprint density at radius 3 is 1.83 bits per heavy atom. The monoisotopic (exact) mass is 664 g/mol. The molecule has 1 aromatic carbocycles. The van der Waals surface area contributed by atoms with Crippen molar-refractivity contribution in [2.75, 3.05) is 13.1 Å². The molecule has 0 bridgehead atoms. The fourth-order valence-electron chi connectivity index (χ4n) is 3.57. The Morgan fingerprint density at radius 1 is 0.931 bits per heavy atom. The van der Waals surface area contributed by atoms with Gasteiger partial charge in [-0.05, 0) is 25.5 Å². The summed E-state index contributed by atoms with van der Waals surface area (Å²) in [6.45, 7) is 9.25. The zero-order valence-electron chi connectivity index (χ0n) is 16.8. The quantitative estimate of drug-likeness (QED) is 0.450. The van der Waals surface area contributed by atoms with E-state index in [1.807, 2.05) is 34.9 Å². The van der Waals surface area contributed by atoms with Crippen LogP contribution in [0, 0.1) is 6.92 Å². The van der Waals surface area contributed by atoms with E-state index in [1.54, 1.807) is 36.7 Å². The topological polar surface area (TPSA) is 53.5 Å². The molecule has 7 heteroatoms. The van der Waals surface area contributed by atoms with Gasteiger partial charge in [-0.3, -0.25) is 14.6 Å². The number of benzene rings is 1. The minimum absolute atomic E-state index is 0. The Hall–Kier alpha value is -3.66. The molecule has 2 heterocycles. The van der Waals surface area contributed by atoms with Gasteiger partial charge in [0.1, 0.15) is 11.4 Å². The van der Waals surface area contributed by atoms with E-state index in [0.29, 0.717) is 29.1 Å². The molecule has 2 aromatic rings. The number of allylic oxidation sites excluding steroid dienone is 2. The van der Waals surface area contributed by atoms with Crippen LogP contribution in [0.3, 0.4) is 0 Å². The van der Waals surface area contributed by atoms with E-state index in [1.165, 1.54) is 0 Å². The second kappa shape index (κ2) is 10.0. The van der Waals surface area contributed by atoms with E-state index in [4.69, 9.17) is 0 Å². The van der Waals surface area contributed by atoms with Crippen molar-refractivity contribution in [2.45, 2.75) is 26.4 Å². The molecule has 1 aliphatic carbocycles. The number of halogens is 1. The third-order valence-corrected chi connectivity index (χ3v) is 4.82. The largest absolute Gasteiger partial charge is 1.00 e. The number of aromatic nitrogens is 1. The second-order valence-corrected chi connectivity index (χ2v) is 6.44. The first-order valence-electron chi connectivity index (χ1n) is 9.22. The van der Waals surface area contributed by atoms with E-state index < -0.39 is 0 Å². The van der Waals surface area contributed by atoms with Crippen LogP contribution < -0.4 is 12.4 Å². The maximum atomic E-state index is 12.8.